The van der Waals surface area contributed by atoms with E-state index >= 15 is 0 Å². The van der Waals surface area contributed by atoms with Crippen LogP contribution in [0, 0.1) is 6.92 Å². The summed E-state index contributed by atoms with van der Waals surface area (Å²) >= 11 is 11.3. The lowest BCUT2D eigenvalue weighted by Gasteiger charge is -2.40. The molecule has 27 heavy (non-hydrogen) atoms. The summed E-state index contributed by atoms with van der Waals surface area (Å²) in [5, 5.41) is 8.23. The average molecular weight is 401 g/mol. The van der Waals surface area contributed by atoms with Crippen molar-refractivity contribution in [1.29, 1.82) is 0 Å². The van der Waals surface area contributed by atoms with Crippen molar-refractivity contribution in [3.8, 4) is 0 Å². The molecule has 0 fully saturated rings. The van der Waals surface area contributed by atoms with Crippen LogP contribution in [0.25, 0.3) is 0 Å². The SMILES string of the molecule is CC1=CC(C)(C)NC(=S)N1c1ccc(C)c(N2C(=S)NC(C)(C)C=C2C)c1. The Labute approximate surface area is 173 Å². The number of hydrogen-bond acceptors (Lipinski definition) is 2. The minimum absolute atomic E-state index is 0.144. The first-order valence-corrected chi connectivity index (χ1v) is 9.96. The Morgan fingerprint density at radius 3 is 1.74 bits per heavy atom. The second-order valence-electron chi connectivity index (χ2n) is 8.52. The smallest absolute Gasteiger partial charge is 0.178 e. The summed E-state index contributed by atoms with van der Waals surface area (Å²) < 4.78 is 0. The number of allylic oxidation sites excluding steroid dienone is 2. The van der Waals surface area contributed by atoms with E-state index < -0.39 is 0 Å². The lowest BCUT2D eigenvalue weighted by Crippen LogP contribution is -2.53. The van der Waals surface area contributed by atoms with E-state index in [2.05, 4.69) is 99.3 Å². The molecule has 144 valence electrons. The Morgan fingerprint density at radius 1 is 0.778 bits per heavy atom. The Morgan fingerprint density at radius 2 is 1.26 bits per heavy atom. The van der Waals surface area contributed by atoms with Crippen LogP contribution in [0.1, 0.15) is 47.1 Å². The Hall–Kier alpha value is -1.92. The third-order valence-electron chi connectivity index (χ3n) is 4.80. The molecule has 0 aliphatic carbocycles. The number of aryl methyl sites for hydroxylation is 1. The fourth-order valence-electron chi connectivity index (χ4n) is 3.83. The largest absolute Gasteiger partial charge is 0.354 e. The topological polar surface area (TPSA) is 30.5 Å². The third-order valence-corrected chi connectivity index (χ3v) is 5.37. The molecular formula is C21H28N4S2. The van der Waals surface area contributed by atoms with Crippen molar-refractivity contribution in [2.75, 3.05) is 9.80 Å². The fourth-order valence-corrected chi connectivity index (χ4v) is 4.84. The molecule has 2 N–H and O–H groups in total. The monoisotopic (exact) mass is 400 g/mol. The summed E-state index contributed by atoms with van der Waals surface area (Å²) in [7, 11) is 0. The van der Waals surface area contributed by atoms with Gasteiger partial charge in [0.15, 0.2) is 10.2 Å². The van der Waals surface area contributed by atoms with Crippen molar-refractivity contribution in [2.45, 2.75) is 59.5 Å². The van der Waals surface area contributed by atoms with Gasteiger partial charge in [-0.1, -0.05) is 6.07 Å². The van der Waals surface area contributed by atoms with E-state index in [9.17, 15) is 0 Å². The average Bonchev–Trinajstić information content (AvgIpc) is 2.46. The molecule has 2 aliphatic rings. The van der Waals surface area contributed by atoms with Gasteiger partial charge < -0.3 is 10.6 Å². The van der Waals surface area contributed by atoms with Crippen LogP contribution >= 0.6 is 24.4 Å². The van der Waals surface area contributed by atoms with Gasteiger partial charge in [-0.15, -0.1) is 0 Å². The van der Waals surface area contributed by atoms with E-state index in [1.165, 1.54) is 0 Å². The number of nitrogens with one attached hydrogen (secondary N) is 2. The number of nitrogens with zero attached hydrogens (tertiary/aromatic N) is 2. The highest BCUT2D eigenvalue weighted by Crippen LogP contribution is 2.34. The lowest BCUT2D eigenvalue weighted by atomic mass is 10.00. The van der Waals surface area contributed by atoms with Gasteiger partial charge in [-0.05, 0) is 103 Å². The highest BCUT2D eigenvalue weighted by molar-refractivity contribution is 7.80. The van der Waals surface area contributed by atoms with E-state index in [0.29, 0.717) is 10.2 Å². The summed E-state index contributed by atoms with van der Waals surface area (Å²) in [5.41, 5.74) is 5.20. The summed E-state index contributed by atoms with van der Waals surface area (Å²) in [5.74, 6) is 0. The Bertz CT molecular complexity index is 880. The predicted molar refractivity (Wildman–Crippen MR) is 123 cm³/mol. The maximum absolute atomic E-state index is 5.68. The van der Waals surface area contributed by atoms with Crippen LogP contribution in [0.5, 0.6) is 0 Å². The summed E-state index contributed by atoms with van der Waals surface area (Å²) in [4.78, 5) is 4.18. The van der Waals surface area contributed by atoms with Crippen LogP contribution in [0.2, 0.25) is 0 Å². The van der Waals surface area contributed by atoms with Crippen LogP contribution in [-0.2, 0) is 0 Å². The molecule has 6 heteroatoms. The fraction of sp³-hybridized carbons (Fsp3) is 0.429. The molecule has 4 nitrogen and oxygen atoms in total. The van der Waals surface area contributed by atoms with E-state index in [1.807, 2.05) is 0 Å². The van der Waals surface area contributed by atoms with Gasteiger partial charge in [-0.25, -0.2) is 0 Å². The summed E-state index contributed by atoms with van der Waals surface area (Å²) in [6.45, 7) is 14.8. The molecule has 0 saturated heterocycles. The molecule has 0 atom stereocenters. The number of benzene rings is 1. The van der Waals surface area contributed by atoms with Gasteiger partial charge in [0, 0.05) is 11.4 Å². The molecule has 0 spiro atoms. The molecule has 0 unspecified atom stereocenters. The van der Waals surface area contributed by atoms with E-state index in [-0.39, 0.29) is 11.1 Å². The Kier molecular flexibility index (Phi) is 4.85. The quantitative estimate of drug-likeness (QED) is 0.697. The molecule has 1 aromatic carbocycles. The maximum Gasteiger partial charge on any atom is 0.178 e. The van der Waals surface area contributed by atoms with Crippen molar-refractivity contribution < 1.29 is 0 Å². The lowest BCUT2D eigenvalue weighted by molar-refractivity contribution is 0.559. The van der Waals surface area contributed by atoms with E-state index in [0.717, 1.165) is 28.3 Å². The molecular weight excluding hydrogens is 372 g/mol. The van der Waals surface area contributed by atoms with Crippen molar-refractivity contribution in [3.63, 3.8) is 0 Å². The van der Waals surface area contributed by atoms with Gasteiger partial charge in [-0.3, -0.25) is 9.80 Å². The predicted octanol–water partition coefficient (Wildman–Crippen LogP) is 4.75. The minimum atomic E-state index is -0.146. The minimum Gasteiger partial charge on any atom is -0.354 e. The van der Waals surface area contributed by atoms with Crippen LogP contribution < -0.4 is 20.4 Å². The first-order valence-electron chi connectivity index (χ1n) is 9.14. The standard InChI is InChI=1S/C21H28N4S2/c1-13-8-9-16(24-14(2)11-20(4,5)22-18(24)26)10-17(13)25-15(3)12-21(6,7)23-19(25)27/h8-12H,1-7H3,(H,22,26)(H,23,27). The number of hydrogen-bond donors (Lipinski definition) is 2. The zero-order valence-corrected chi connectivity index (χ0v) is 18.7. The van der Waals surface area contributed by atoms with Crippen LogP contribution in [-0.4, -0.2) is 21.3 Å². The van der Waals surface area contributed by atoms with Crippen LogP contribution in [0.15, 0.2) is 41.7 Å². The maximum atomic E-state index is 5.68. The van der Waals surface area contributed by atoms with Crippen molar-refractivity contribution >= 4 is 46.0 Å². The molecule has 0 saturated carbocycles. The van der Waals surface area contributed by atoms with Crippen LogP contribution in [0.4, 0.5) is 11.4 Å². The van der Waals surface area contributed by atoms with Crippen molar-refractivity contribution in [1.82, 2.24) is 10.6 Å². The van der Waals surface area contributed by atoms with Gasteiger partial charge in [0.1, 0.15) is 0 Å². The Balaban J connectivity index is 2.06. The first kappa shape index (κ1) is 19.8. The second-order valence-corrected chi connectivity index (χ2v) is 9.29. The third kappa shape index (κ3) is 3.87. The number of rotatable bonds is 2. The first-order chi connectivity index (χ1) is 12.4. The van der Waals surface area contributed by atoms with E-state index in [4.69, 9.17) is 24.4 Å². The van der Waals surface area contributed by atoms with Gasteiger partial charge >= 0.3 is 0 Å². The highest BCUT2D eigenvalue weighted by atomic mass is 32.1. The molecule has 0 amide bonds. The highest BCUT2D eigenvalue weighted by Gasteiger charge is 2.30. The van der Waals surface area contributed by atoms with Crippen molar-refractivity contribution in [3.05, 3.63) is 47.3 Å². The number of anilines is 2. The van der Waals surface area contributed by atoms with Gasteiger partial charge in [0.2, 0.25) is 0 Å². The molecule has 0 radical (unpaired) electrons. The molecule has 3 rings (SSSR count). The van der Waals surface area contributed by atoms with Gasteiger partial charge in [0.05, 0.1) is 22.5 Å². The second kappa shape index (κ2) is 6.60. The molecule has 1 aromatic rings. The van der Waals surface area contributed by atoms with E-state index in [1.54, 1.807) is 0 Å². The van der Waals surface area contributed by atoms with Crippen molar-refractivity contribution in [2.24, 2.45) is 0 Å². The zero-order chi connectivity index (χ0) is 20.1. The van der Waals surface area contributed by atoms with Gasteiger partial charge in [0.25, 0.3) is 0 Å². The summed E-state index contributed by atoms with van der Waals surface area (Å²) in [6.07, 6.45) is 4.40. The van der Waals surface area contributed by atoms with Crippen LogP contribution in [0.3, 0.4) is 0 Å². The van der Waals surface area contributed by atoms with Gasteiger partial charge in [-0.2, -0.15) is 0 Å². The number of thiocarbonyl (C=S) groups is 2. The normalized spacial score (nSPS) is 21.3. The molecule has 0 bridgehead atoms. The zero-order valence-electron chi connectivity index (χ0n) is 17.1. The molecule has 2 heterocycles. The summed E-state index contributed by atoms with van der Waals surface area (Å²) in [6, 6.07) is 6.38. The molecule has 0 aromatic heterocycles. The molecule has 2 aliphatic heterocycles.